The molecule has 0 unspecified atom stereocenters. The van der Waals surface area contributed by atoms with E-state index >= 15 is 0 Å². The minimum atomic E-state index is 0. The number of hydrogen-bond acceptors (Lipinski definition) is 2. The van der Waals surface area contributed by atoms with E-state index in [1.165, 1.54) is 0 Å². The number of anilines is 1. The van der Waals surface area contributed by atoms with E-state index in [4.69, 9.17) is 34.8 Å². The molecule has 1 aromatic rings. The van der Waals surface area contributed by atoms with Gasteiger partial charge in [-0.05, 0) is 6.07 Å². The fraction of sp³-hybridized carbons (Fsp3) is 0.444. The molecular weight excluding hydrogens is 278 g/mol. The Balaban J connectivity index is 0.00000196. The third-order valence-electron chi connectivity index (χ3n) is 1.90. The summed E-state index contributed by atoms with van der Waals surface area (Å²) in [5.41, 5.74) is 1.62. The van der Waals surface area contributed by atoms with Crippen molar-refractivity contribution in [3.63, 3.8) is 0 Å². The highest BCUT2D eigenvalue weighted by atomic mass is 35.5. The fourth-order valence-corrected chi connectivity index (χ4v) is 1.96. The van der Waals surface area contributed by atoms with Crippen LogP contribution in [-0.2, 0) is 5.88 Å². The minimum Gasteiger partial charge on any atom is -0.372 e. The highest BCUT2D eigenvalue weighted by molar-refractivity contribution is 6.34. The first-order chi connectivity index (χ1) is 6.70. The number of hydrogen-bond donors (Lipinski definition) is 0. The largest absolute Gasteiger partial charge is 0.372 e. The Bertz CT molecular complexity index is 306. The lowest BCUT2D eigenvalue weighted by Gasteiger charge is -2.19. The second kappa shape index (κ2) is 7.39. The van der Waals surface area contributed by atoms with Crippen LogP contribution in [0, 0.1) is 0 Å². The molecule has 0 N–H and O–H groups in total. The lowest BCUT2D eigenvalue weighted by Crippen LogP contribution is -2.20. The van der Waals surface area contributed by atoms with Gasteiger partial charge in [0.05, 0.1) is 22.3 Å². The highest BCUT2D eigenvalue weighted by Gasteiger charge is 2.09. The van der Waals surface area contributed by atoms with Crippen molar-refractivity contribution in [1.82, 2.24) is 4.98 Å². The van der Waals surface area contributed by atoms with Crippen LogP contribution in [0.4, 0.5) is 5.69 Å². The first kappa shape index (κ1) is 15.1. The predicted octanol–water partition coefficient (Wildman–Crippen LogP) is 3.57. The molecule has 1 aromatic heterocycles. The van der Waals surface area contributed by atoms with Gasteiger partial charge in [0.2, 0.25) is 0 Å². The molecule has 2 nitrogen and oxygen atoms in total. The molecule has 1 heterocycles. The van der Waals surface area contributed by atoms with E-state index < -0.39 is 0 Å². The monoisotopic (exact) mass is 288 g/mol. The third kappa shape index (κ3) is 3.87. The van der Waals surface area contributed by atoms with Gasteiger partial charge < -0.3 is 4.90 Å². The smallest absolute Gasteiger partial charge is 0.0867 e. The number of nitrogens with zero attached hydrogens (tertiary/aromatic N) is 2. The van der Waals surface area contributed by atoms with Crippen molar-refractivity contribution in [2.24, 2.45) is 0 Å². The molecule has 15 heavy (non-hydrogen) atoms. The van der Waals surface area contributed by atoms with E-state index in [1.54, 1.807) is 6.20 Å². The van der Waals surface area contributed by atoms with Crippen LogP contribution in [0.2, 0.25) is 5.02 Å². The van der Waals surface area contributed by atoms with Crippen LogP contribution in [0.3, 0.4) is 0 Å². The van der Waals surface area contributed by atoms with E-state index in [1.807, 2.05) is 18.0 Å². The number of rotatable bonds is 4. The molecule has 0 aliphatic heterocycles. The van der Waals surface area contributed by atoms with Gasteiger partial charge in [0.1, 0.15) is 0 Å². The highest BCUT2D eigenvalue weighted by Crippen LogP contribution is 2.27. The molecular formula is C9H12Cl4N2. The molecule has 0 amide bonds. The molecule has 0 fully saturated rings. The molecule has 0 radical (unpaired) electrons. The quantitative estimate of drug-likeness (QED) is 0.788. The number of halogens is 4. The molecule has 0 aliphatic carbocycles. The zero-order chi connectivity index (χ0) is 10.6. The second-order valence-corrected chi connectivity index (χ2v) is 3.86. The van der Waals surface area contributed by atoms with Crippen LogP contribution in [0.5, 0.6) is 0 Å². The van der Waals surface area contributed by atoms with Gasteiger partial charge in [-0.15, -0.1) is 35.6 Å². The van der Waals surface area contributed by atoms with Crippen molar-refractivity contribution >= 4 is 52.9 Å². The van der Waals surface area contributed by atoms with Crippen LogP contribution in [0.1, 0.15) is 5.69 Å². The van der Waals surface area contributed by atoms with Gasteiger partial charge in [-0.25, -0.2) is 0 Å². The van der Waals surface area contributed by atoms with Crippen molar-refractivity contribution in [1.29, 1.82) is 0 Å². The maximum atomic E-state index is 6.11. The Labute approximate surface area is 111 Å². The number of aromatic nitrogens is 1. The summed E-state index contributed by atoms with van der Waals surface area (Å²) in [7, 11) is 1.93. The molecule has 0 aromatic carbocycles. The fourth-order valence-electron chi connectivity index (χ4n) is 1.11. The molecule has 0 aliphatic rings. The summed E-state index contributed by atoms with van der Waals surface area (Å²) < 4.78 is 0. The topological polar surface area (TPSA) is 16.1 Å². The van der Waals surface area contributed by atoms with Crippen molar-refractivity contribution < 1.29 is 0 Å². The first-order valence-electron chi connectivity index (χ1n) is 4.17. The number of pyridine rings is 1. The average Bonchev–Trinajstić information content (AvgIpc) is 2.18. The second-order valence-electron chi connectivity index (χ2n) is 2.83. The number of alkyl halides is 2. The van der Waals surface area contributed by atoms with Crippen molar-refractivity contribution in [3.8, 4) is 0 Å². The van der Waals surface area contributed by atoms with Gasteiger partial charge in [-0.2, -0.15) is 0 Å². The summed E-state index contributed by atoms with van der Waals surface area (Å²) in [6, 6.07) is 1.85. The van der Waals surface area contributed by atoms with Gasteiger partial charge >= 0.3 is 0 Å². The Morgan fingerprint density at radius 1 is 1.40 bits per heavy atom. The Morgan fingerprint density at radius 3 is 2.60 bits per heavy atom. The SMILES string of the molecule is CN(CCCl)c1ccnc(CCl)c1Cl.Cl. The van der Waals surface area contributed by atoms with Crippen LogP contribution < -0.4 is 4.90 Å². The maximum Gasteiger partial charge on any atom is 0.0867 e. The summed E-state index contributed by atoms with van der Waals surface area (Å²) in [5.74, 6) is 0.882. The molecule has 0 atom stereocenters. The minimum absolute atomic E-state index is 0. The van der Waals surface area contributed by atoms with Gasteiger partial charge in [0, 0.05) is 25.7 Å². The van der Waals surface area contributed by atoms with Gasteiger partial charge in [0.25, 0.3) is 0 Å². The van der Waals surface area contributed by atoms with Crippen LogP contribution in [-0.4, -0.2) is 24.5 Å². The van der Waals surface area contributed by atoms with E-state index in [9.17, 15) is 0 Å². The third-order valence-corrected chi connectivity index (χ3v) is 2.73. The van der Waals surface area contributed by atoms with Crippen LogP contribution >= 0.6 is 47.2 Å². The zero-order valence-corrected chi connectivity index (χ0v) is 11.3. The van der Waals surface area contributed by atoms with Gasteiger partial charge in [-0.3, -0.25) is 4.98 Å². The summed E-state index contributed by atoms with van der Waals surface area (Å²) in [6.07, 6.45) is 1.70. The molecule has 0 bridgehead atoms. The summed E-state index contributed by atoms with van der Waals surface area (Å²) >= 11 is 17.4. The van der Waals surface area contributed by atoms with Crippen molar-refractivity contribution in [2.75, 3.05) is 24.4 Å². The van der Waals surface area contributed by atoms with E-state index in [2.05, 4.69) is 4.98 Å². The first-order valence-corrected chi connectivity index (χ1v) is 5.61. The maximum absolute atomic E-state index is 6.11. The Hall–Kier alpha value is 0.110. The molecule has 1 rings (SSSR count). The lowest BCUT2D eigenvalue weighted by atomic mass is 10.3. The average molecular weight is 290 g/mol. The van der Waals surface area contributed by atoms with E-state index in [-0.39, 0.29) is 12.4 Å². The summed E-state index contributed by atoms with van der Waals surface area (Å²) in [6.45, 7) is 0.743. The lowest BCUT2D eigenvalue weighted by molar-refractivity contribution is 0.965. The molecule has 0 saturated heterocycles. The van der Waals surface area contributed by atoms with Crippen molar-refractivity contribution in [2.45, 2.75) is 5.88 Å². The standard InChI is InChI=1S/C9H11Cl3N2.ClH/c1-14(5-3-10)8-2-4-13-7(6-11)9(8)12;/h2,4H,3,5-6H2,1H3;1H. The molecule has 6 heteroatoms. The Kier molecular flexibility index (Phi) is 7.45. The molecule has 0 spiro atoms. The summed E-state index contributed by atoms with van der Waals surface area (Å²) in [5, 5.41) is 0.607. The van der Waals surface area contributed by atoms with Crippen molar-refractivity contribution in [3.05, 3.63) is 23.0 Å². The van der Waals surface area contributed by atoms with Crippen LogP contribution in [0.15, 0.2) is 12.3 Å². The van der Waals surface area contributed by atoms with E-state index in [0.717, 1.165) is 12.2 Å². The normalized spacial score (nSPS) is 9.60. The van der Waals surface area contributed by atoms with E-state index in [0.29, 0.717) is 22.5 Å². The zero-order valence-electron chi connectivity index (χ0n) is 8.21. The Morgan fingerprint density at radius 2 is 2.07 bits per heavy atom. The summed E-state index contributed by atoms with van der Waals surface area (Å²) in [4.78, 5) is 6.06. The predicted molar refractivity (Wildman–Crippen MR) is 70.0 cm³/mol. The van der Waals surface area contributed by atoms with Crippen LogP contribution in [0.25, 0.3) is 0 Å². The van der Waals surface area contributed by atoms with Gasteiger partial charge in [0.15, 0.2) is 0 Å². The molecule has 0 saturated carbocycles. The van der Waals surface area contributed by atoms with Gasteiger partial charge in [-0.1, -0.05) is 11.6 Å². The molecule has 86 valence electrons.